The van der Waals surface area contributed by atoms with Crippen molar-refractivity contribution >= 4 is 27.4 Å². The molecule has 0 atom stereocenters. The van der Waals surface area contributed by atoms with Crippen molar-refractivity contribution < 1.29 is 4.92 Å². The average Bonchev–Trinajstić information content (AvgIpc) is 2.45. The summed E-state index contributed by atoms with van der Waals surface area (Å²) in [6, 6.07) is 9.58. The van der Waals surface area contributed by atoms with Gasteiger partial charge < -0.3 is 15.0 Å². The van der Waals surface area contributed by atoms with Gasteiger partial charge in [-0.05, 0) is 59.5 Å². The van der Waals surface area contributed by atoms with Gasteiger partial charge in [-0.3, -0.25) is 0 Å². The number of halogens is 1. The molecule has 0 fully saturated rings. The molecule has 1 aromatic heterocycles. The third-order valence-corrected chi connectivity index (χ3v) is 4.57. The number of pyridine rings is 1. The normalized spacial score (nSPS) is 16.2. The van der Waals surface area contributed by atoms with Crippen LogP contribution in [-0.4, -0.2) is 15.4 Å². The Bertz CT molecular complexity index is 729. The van der Waals surface area contributed by atoms with Crippen LogP contribution in [0.15, 0.2) is 41.0 Å². The third-order valence-electron chi connectivity index (χ3n) is 4.08. The molecule has 0 unspecified atom stereocenters. The quantitative estimate of drug-likeness (QED) is 0.596. The number of benzene rings is 1. The Hall–Kier alpha value is -1.95. The van der Waals surface area contributed by atoms with Crippen molar-refractivity contribution in [2.24, 2.45) is 0 Å². The van der Waals surface area contributed by atoms with Crippen molar-refractivity contribution in [3.63, 3.8) is 0 Å². The van der Waals surface area contributed by atoms with E-state index < -0.39 is 4.92 Å². The van der Waals surface area contributed by atoms with E-state index in [1.54, 1.807) is 12.3 Å². The molecule has 22 heavy (non-hydrogen) atoms. The number of rotatable bonds is 2. The van der Waals surface area contributed by atoms with Gasteiger partial charge in [0.15, 0.2) is 6.20 Å². The first kappa shape index (κ1) is 15.0. The topological polar surface area (TPSA) is 59.3 Å². The lowest BCUT2D eigenvalue weighted by atomic mass is 9.85. The zero-order valence-corrected chi connectivity index (χ0v) is 14.0. The summed E-state index contributed by atoms with van der Waals surface area (Å²) < 4.78 is 1.09. The van der Waals surface area contributed by atoms with Crippen LogP contribution >= 0.6 is 15.9 Å². The first-order valence-corrected chi connectivity index (χ1v) is 7.81. The summed E-state index contributed by atoms with van der Waals surface area (Å²) in [5.74, 6) is -0.122. The predicted octanol–water partition coefficient (Wildman–Crippen LogP) is 4.09. The molecule has 2 heterocycles. The summed E-state index contributed by atoms with van der Waals surface area (Å²) in [6.45, 7) is 5.13. The molecular weight excluding hydrogens is 346 g/mol. The molecule has 6 heteroatoms. The molecule has 2 aromatic rings. The van der Waals surface area contributed by atoms with Crippen molar-refractivity contribution in [2.45, 2.75) is 32.4 Å². The largest absolute Gasteiger partial charge is 0.363 e. The molecule has 0 spiro atoms. The second kappa shape index (κ2) is 5.35. The van der Waals surface area contributed by atoms with E-state index in [0.29, 0.717) is 0 Å². The van der Waals surface area contributed by atoms with E-state index in [9.17, 15) is 10.1 Å². The third kappa shape index (κ3) is 2.70. The van der Waals surface area contributed by atoms with Crippen LogP contribution in [0.2, 0.25) is 0 Å². The number of hydrogen-bond donors (Lipinski definition) is 0. The summed E-state index contributed by atoms with van der Waals surface area (Å²) in [5.41, 5.74) is 3.45. The van der Waals surface area contributed by atoms with Crippen molar-refractivity contribution in [1.29, 1.82) is 0 Å². The number of fused-ring (bicyclic) bond motifs is 1. The zero-order chi connectivity index (χ0) is 15.9. The van der Waals surface area contributed by atoms with Crippen LogP contribution in [0.5, 0.6) is 0 Å². The number of aromatic nitrogens is 1. The second-order valence-electron chi connectivity index (χ2n) is 6.12. The van der Waals surface area contributed by atoms with E-state index in [1.807, 2.05) is 6.07 Å². The molecule has 114 valence electrons. The van der Waals surface area contributed by atoms with Gasteiger partial charge in [0.1, 0.15) is 0 Å². The van der Waals surface area contributed by atoms with Gasteiger partial charge in [-0.15, -0.1) is 0 Å². The monoisotopic (exact) mass is 361 g/mol. The van der Waals surface area contributed by atoms with Crippen LogP contribution in [0.4, 0.5) is 11.5 Å². The first-order valence-electron chi connectivity index (χ1n) is 7.02. The summed E-state index contributed by atoms with van der Waals surface area (Å²) in [4.78, 5) is 16.5. The molecule has 0 radical (unpaired) electrons. The Labute approximate surface area is 137 Å². The lowest BCUT2D eigenvalue weighted by Gasteiger charge is -2.44. The van der Waals surface area contributed by atoms with Crippen LogP contribution in [0.25, 0.3) is 0 Å². The molecule has 0 bridgehead atoms. The minimum Gasteiger partial charge on any atom is -0.359 e. The van der Waals surface area contributed by atoms with E-state index in [4.69, 9.17) is 0 Å². The molecule has 0 saturated heterocycles. The van der Waals surface area contributed by atoms with Gasteiger partial charge in [0, 0.05) is 22.6 Å². The lowest BCUT2D eigenvalue weighted by Crippen LogP contribution is -2.48. The zero-order valence-electron chi connectivity index (χ0n) is 12.4. The Morgan fingerprint density at radius 1 is 1.27 bits per heavy atom. The van der Waals surface area contributed by atoms with Crippen molar-refractivity contribution in [3.8, 4) is 0 Å². The van der Waals surface area contributed by atoms with Gasteiger partial charge in [-0.1, -0.05) is 22.0 Å². The molecule has 1 aromatic carbocycles. The smallest absolute Gasteiger partial charge is 0.359 e. The fourth-order valence-corrected chi connectivity index (χ4v) is 3.35. The summed E-state index contributed by atoms with van der Waals surface area (Å²) >= 11 is 3.52. The highest BCUT2D eigenvalue weighted by molar-refractivity contribution is 9.10. The molecule has 3 rings (SSSR count). The van der Waals surface area contributed by atoms with Crippen LogP contribution in [0, 0.1) is 10.1 Å². The highest BCUT2D eigenvalue weighted by Gasteiger charge is 2.33. The van der Waals surface area contributed by atoms with Crippen LogP contribution < -0.4 is 4.90 Å². The van der Waals surface area contributed by atoms with E-state index in [-0.39, 0.29) is 11.4 Å². The van der Waals surface area contributed by atoms with Crippen molar-refractivity contribution in [2.75, 3.05) is 4.90 Å². The second-order valence-corrected chi connectivity index (χ2v) is 7.04. The van der Waals surface area contributed by atoms with Gasteiger partial charge >= 0.3 is 5.82 Å². The Kier molecular flexibility index (Phi) is 3.64. The van der Waals surface area contributed by atoms with E-state index in [0.717, 1.165) is 23.1 Å². The van der Waals surface area contributed by atoms with Gasteiger partial charge in [0.2, 0.25) is 0 Å². The predicted molar refractivity (Wildman–Crippen MR) is 89.0 cm³/mol. The maximum absolute atomic E-state index is 10.7. The van der Waals surface area contributed by atoms with Gasteiger partial charge in [0.05, 0.1) is 5.69 Å². The molecule has 0 N–H and O–H groups in total. The van der Waals surface area contributed by atoms with Gasteiger partial charge in [-0.2, -0.15) is 0 Å². The maximum Gasteiger partial charge on any atom is 0.363 e. The number of nitrogens with zero attached hydrogens (tertiary/aromatic N) is 3. The molecule has 1 aliphatic heterocycles. The number of hydrogen-bond acceptors (Lipinski definition) is 4. The lowest BCUT2D eigenvalue weighted by molar-refractivity contribution is -0.389. The van der Waals surface area contributed by atoms with Crippen molar-refractivity contribution in [3.05, 3.63) is 62.2 Å². The van der Waals surface area contributed by atoms with E-state index in [1.165, 1.54) is 17.2 Å². The highest BCUT2D eigenvalue weighted by atomic mass is 79.9. The van der Waals surface area contributed by atoms with Crippen LogP contribution in [-0.2, 0) is 13.0 Å². The van der Waals surface area contributed by atoms with Gasteiger partial charge in [0.25, 0.3) is 0 Å². The fraction of sp³-hybridized carbons (Fsp3) is 0.312. The Morgan fingerprint density at radius 2 is 2.05 bits per heavy atom. The fourth-order valence-electron chi connectivity index (χ4n) is 2.95. The molecule has 1 aliphatic rings. The molecule has 5 nitrogen and oxygen atoms in total. The summed E-state index contributed by atoms with van der Waals surface area (Å²) in [7, 11) is 0. The highest BCUT2D eigenvalue weighted by Crippen LogP contribution is 2.35. The maximum atomic E-state index is 10.7. The summed E-state index contributed by atoms with van der Waals surface area (Å²) in [6.07, 6.45) is 2.50. The standard InChI is InChI=1S/C16H16BrN3O2/c1-16(2)8-12-7-13(17)4-3-11(12)10-19(16)14-5-6-15(18-9-14)20(21)22/h3-7,9H,8,10H2,1-2H3. The van der Waals surface area contributed by atoms with Gasteiger partial charge in [-0.25, -0.2) is 0 Å². The molecular formula is C16H16BrN3O2. The Morgan fingerprint density at radius 3 is 2.68 bits per heavy atom. The van der Waals surface area contributed by atoms with Crippen molar-refractivity contribution in [1.82, 2.24) is 4.98 Å². The molecule has 0 amide bonds. The van der Waals surface area contributed by atoms with E-state index >= 15 is 0 Å². The summed E-state index contributed by atoms with van der Waals surface area (Å²) in [5, 5.41) is 10.7. The molecule has 0 saturated carbocycles. The Balaban J connectivity index is 1.96. The SMILES string of the molecule is CC1(C)Cc2cc(Br)ccc2CN1c1ccc([N+](=O)[O-])nc1. The number of nitro groups is 1. The molecule has 0 aliphatic carbocycles. The minimum atomic E-state index is -0.474. The van der Waals surface area contributed by atoms with Crippen LogP contribution in [0.1, 0.15) is 25.0 Å². The first-order chi connectivity index (χ1) is 10.4. The minimum absolute atomic E-state index is 0.0778. The van der Waals surface area contributed by atoms with E-state index in [2.05, 4.69) is 51.8 Å². The number of anilines is 1. The average molecular weight is 362 g/mol. The van der Waals surface area contributed by atoms with Crippen LogP contribution in [0.3, 0.4) is 0 Å².